The number of carbonyl (C=O) groups excluding carboxylic acids is 1. The number of aromatic amines is 1. The van der Waals surface area contributed by atoms with Gasteiger partial charge < -0.3 is 19.9 Å². The van der Waals surface area contributed by atoms with E-state index in [1.54, 1.807) is 11.3 Å². The van der Waals surface area contributed by atoms with Crippen LogP contribution >= 0.6 is 11.3 Å². The molecular formula is C18H19N3O2S. The third-order valence-electron chi connectivity index (χ3n) is 4.30. The summed E-state index contributed by atoms with van der Waals surface area (Å²) in [5.41, 5.74) is 2.97. The Labute approximate surface area is 144 Å². The molecule has 4 rings (SSSR count). The summed E-state index contributed by atoms with van der Waals surface area (Å²) in [5, 5.41) is 8.18. The number of hydrogen-bond donors (Lipinski definition) is 2. The molecule has 0 spiro atoms. The van der Waals surface area contributed by atoms with Gasteiger partial charge in [-0.05, 0) is 47.5 Å². The second kappa shape index (κ2) is 6.30. The zero-order valence-corrected chi connectivity index (χ0v) is 14.2. The van der Waals surface area contributed by atoms with E-state index in [1.165, 1.54) is 0 Å². The first kappa shape index (κ1) is 15.2. The molecule has 0 radical (unpaired) electrons. The number of H-pyrrole nitrogens is 1. The van der Waals surface area contributed by atoms with Gasteiger partial charge in [-0.25, -0.2) is 4.79 Å². The number of urea groups is 1. The zero-order valence-electron chi connectivity index (χ0n) is 13.4. The molecule has 6 heteroatoms. The number of thiophene rings is 1. The van der Waals surface area contributed by atoms with Crippen LogP contribution in [0.15, 0.2) is 47.3 Å². The van der Waals surface area contributed by atoms with E-state index in [2.05, 4.69) is 21.7 Å². The van der Waals surface area contributed by atoms with Crippen LogP contribution in [-0.2, 0) is 4.74 Å². The molecule has 5 nitrogen and oxygen atoms in total. The maximum Gasteiger partial charge on any atom is 0.322 e. The summed E-state index contributed by atoms with van der Waals surface area (Å²) in [5.74, 6) is 0. The van der Waals surface area contributed by atoms with Gasteiger partial charge in [0.15, 0.2) is 0 Å². The topological polar surface area (TPSA) is 57.4 Å². The fourth-order valence-electron chi connectivity index (χ4n) is 3.15. The summed E-state index contributed by atoms with van der Waals surface area (Å²) in [6.07, 6.45) is 1.83. The number of nitrogens with zero attached hydrogens (tertiary/aromatic N) is 1. The molecule has 0 unspecified atom stereocenters. The summed E-state index contributed by atoms with van der Waals surface area (Å²) >= 11 is 1.65. The highest BCUT2D eigenvalue weighted by atomic mass is 32.1. The average molecular weight is 341 g/mol. The molecule has 2 N–H and O–H groups in total. The van der Waals surface area contributed by atoms with E-state index in [1.807, 2.05) is 47.7 Å². The maximum atomic E-state index is 12.7. The molecular weight excluding hydrogens is 322 g/mol. The van der Waals surface area contributed by atoms with Gasteiger partial charge >= 0.3 is 6.03 Å². The number of hydrogen-bond acceptors (Lipinski definition) is 3. The number of rotatable bonds is 2. The van der Waals surface area contributed by atoms with Crippen molar-refractivity contribution in [3.8, 4) is 0 Å². The van der Waals surface area contributed by atoms with Gasteiger partial charge in [-0.15, -0.1) is 0 Å². The van der Waals surface area contributed by atoms with Crippen molar-refractivity contribution in [2.45, 2.75) is 19.1 Å². The fourth-order valence-corrected chi connectivity index (χ4v) is 3.85. The third kappa shape index (κ3) is 2.90. The molecule has 2 amide bonds. The van der Waals surface area contributed by atoms with Gasteiger partial charge in [-0.3, -0.25) is 0 Å². The summed E-state index contributed by atoms with van der Waals surface area (Å²) in [6, 6.07) is 9.80. The summed E-state index contributed by atoms with van der Waals surface area (Å²) in [6.45, 7) is 3.16. The predicted octanol–water partition coefficient (Wildman–Crippen LogP) is 4.22. The lowest BCUT2D eigenvalue weighted by molar-refractivity contribution is -0.0640. The van der Waals surface area contributed by atoms with E-state index in [0.29, 0.717) is 13.1 Å². The summed E-state index contributed by atoms with van der Waals surface area (Å²) in [4.78, 5) is 17.7. The maximum absolute atomic E-state index is 12.7. The highest BCUT2D eigenvalue weighted by Gasteiger charge is 2.29. The van der Waals surface area contributed by atoms with Crippen LogP contribution in [0.3, 0.4) is 0 Å². The second-order valence-corrected chi connectivity index (χ2v) is 6.85. The van der Waals surface area contributed by atoms with Crippen molar-refractivity contribution in [3.05, 3.63) is 52.9 Å². The monoisotopic (exact) mass is 341 g/mol. The minimum Gasteiger partial charge on any atom is -0.367 e. The number of amides is 2. The van der Waals surface area contributed by atoms with E-state index in [0.717, 1.165) is 22.2 Å². The quantitative estimate of drug-likeness (QED) is 0.733. The van der Waals surface area contributed by atoms with Crippen LogP contribution in [0.1, 0.15) is 18.6 Å². The first-order valence-electron chi connectivity index (χ1n) is 8.00. The minimum absolute atomic E-state index is 0.0115. The van der Waals surface area contributed by atoms with Crippen LogP contribution in [0.25, 0.3) is 10.9 Å². The molecule has 2 aromatic heterocycles. The van der Waals surface area contributed by atoms with E-state index in [9.17, 15) is 4.79 Å². The number of anilines is 1. The second-order valence-electron chi connectivity index (χ2n) is 6.07. The van der Waals surface area contributed by atoms with Gasteiger partial charge in [-0.1, -0.05) is 6.07 Å². The molecule has 3 heterocycles. The van der Waals surface area contributed by atoms with Crippen molar-refractivity contribution in [2.75, 3.05) is 18.4 Å². The van der Waals surface area contributed by atoms with Gasteiger partial charge in [0.25, 0.3) is 0 Å². The Morgan fingerprint density at radius 3 is 3.08 bits per heavy atom. The lowest BCUT2D eigenvalue weighted by atomic mass is 10.1. The van der Waals surface area contributed by atoms with Crippen LogP contribution in [0.4, 0.5) is 10.5 Å². The fraction of sp³-hybridized carbons (Fsp3) is 0.278. The Morgan fingerprint density at radius 1 is 1.33 bits per heavy atom. The Kier molecular flexibility index (Phi) is 4.00. The van der Waals surface area contributed by atoms with Crippen LogP contribution < -0.4 is 5.32 Å². The lowest BCUT2D eigenvalue weighted by Crippen LogP contribution is -2.47. The van der Waals surface area contributed by atoms with Gasteiger partial charge in [0.05, 0.1) is 18.3 Å². The predicted molar refractivity (Wildman–Crippen MR) is 96.5 cm³/mol. The number of carbonyl (C=O) groups is 1. The normalized spacial score (nSPS) is 21.1. The first-order valence-corrected chi connectivity index (χ1v) is 8.94. The molecule has 24 heavy (non-hydrogen) atoms. The van der Waals surface area contributed by atoms with E-state index in [-0.39, 0.29) is 18.2 Å². The Morgan fingerprint density at radius 2 is 2.25 bits per heavy atom. The number of morpholine rings is 1. The standard InChI is InChI=1S/C18H19N3O2S/c1-12-9-21(10-17(23-12)13-6-8-24-11-13)18(22)20-16-4-2-3-15-14(16)5-7-19-15/h2-8,11-12,17,19H,9-10H2,1H3,(H,20,22)/t12-,17-/m1/s1. The number of benzene rings is 1. The van der Waals surface area contributed by atoms with E-state index >= 15 is 0 Å². The zero-order chi connectivity index (χ0) is 16.5. The Balaban J connectivity index is 1.52. The highest BCUT2D eigenvalue weighted by molar-refractivity contribution is 7.07. The molecule has 124 valence electrons. The van der Waals surface area contributed by atoms with Gasteiger partial charge in [0.1, 0.15) is 6.10 Å². The minimum atomic E-state index is -0.0842. The van der Waals surface area contributed by atoms with Crippen molar-refractivity contribution in [1.29, 1.82) is 0 Å². The smallest absolute Gasteiger partial charge is 0.322 e. The summed E-state index contributed by atoms with van der Waals surface area (Å²) < 4.78 is 6.00. The molecule has 1 fully saturated rings. The van der Waals surface area contributed by atoms with Crippen LogP contribution in [-0.4, -0.2) is 35.1 Å². The van der Waals surface area contributed by atoms with E-state index in [4.69, 9.17) is 4.74 Å². The number of ether oxygens (including phenoxy) is 1. The molecule has 1 aromatic carbocycles. The number of nitrogens with one attached hydrogen (secondary N) is 2. The SMILES string of the molecule is C[C@@H]1CN(C(=O)Nc2cccc3[nH]ccc23)C[C@H](c2ccsc2)O1. The van der Waals surface area contributed by atoms with Crippen molar-refractivity contribution >= 4 is 34.0 Å². The number of fused-ring (bicyclic) bond motifs is 1. The molecule has 0 bridgehead atoms. The Hall–Kier alpha value is -2.31. The number of aromatic nitrogens is 1. The third-order valence-corrected chi connectivity index (χ3v) is 5.00. The lowest BCUT2D eigenvalue weighted by Gasteiger charge is -2.36. The molecule has 0 aliphatic carbocycles. The molecule has 2 atom stereocenters. The largest absolute Gasteiger partial charge is 0.367 e. The van der Waals surface area contributed by atoms with Gasteiger partial charge in [-0.2, -0.15) is 11.3 Å². The van der Waals surface area contributed by atoms with E-state index < -0.39 is 0 Å². The van der Waals surface area contributed by atoms with Crippen LogP contribution in [0.2, 0.25) is 0 Å². The highest BCUT2D eigenvalue weighted by Crippen LogP contribution is 2.28. The molecule has 1 aliphatic rings. The first-order chi connectivity index (χ1) is 11.7. The van der Waals surface area contributed by atoms with Crippen molar-refractivity contribution in [3.63, 3.8) is 0 Å². The molecule has 3 aromatic rings. The average Bonchev–Trinajstić information content (AvgIpc) is 3.26. The van der Waals surface area contributed by atoms with Crippen LogP contribution in [0.5, 0.6) is 0 Å². The van der Waals surface area contributed by atoms with Crippen LogP contribution in [0, 0.1) is 0 Å². The van der Waals surface area contributed by atoms with Crippen molar-refractivity contribution in [2.24, 2.45) is 0 Å². The van der Waals surface area contributed by atoms with Gasteiger partial charge in [0.2, 0.25) is 0 Å². The van der Waals surface area contributed by atoms with Crippen molar-refractivity contribution in [1.82, 2.24) is 9.88 Å². The Bertz CT molecular complexity index is 843. The van der Waals surface area contributed by atoms with Gasteiger partial charge in [0, 0.05) is 23.6 Å². The van der Waals surface area contributed by atoms with Crippen molar-refractivity contribution < 1.29 is 9.53 Å². The molecule has 1 saturated heterocycles. The molecule has 1 aliphatic heterocycles. The molecule has 0 saturated carbocycles. The summed E-state index contributed by atoms with van der Waals surface area (Å²) in [7, 11) is 0.